The molecule has 1 N–H and O–H groups in total. The molecule has 32 heavy (non-hydrogen) atoms. The quantitative estimate of drug-likeness (QED) is 0.527. The fourth-order valence-corrected chi connectivity index (χ4v) is 4.49. The van der Waals surface area contributed by atoms with E-state index < -0.39 is 6.04 Å². The van der Waals surface area contributed by atoms with E-state index in [-0.39, 0.29) is 30.2 Å². The molecule has 0 bridgehead atoms. The predicted octanol–water partition coefficient (Wildman–Crippen LogP) is 4.52. The molecule has 4 rings (SSSR count). The Morgan fingerprint density at radius 1 is 1.09 bits per heavy atom. The molecule has 0 aliphatic carbocycles. The summed E-state index contributed by atoms with van der Waals surface area (Å²) < 4.78 is 11.8. The van der Waals surface area contributed by atoms with Gasteiger partial charge in [0.15, 0.2) is 5.43 Å². The van der Waals surface area contributed by atoms with Gasteiger partial charge in [0, 0.05) is 6.54 Å². The smallest absolute Gasteiger partial charge is 0.290 e. The van der Waals surface area contributed by atoms with Gasteiger partial charge in [-0.25, -0.2) is 0 Å². The Bertz CT molecular complexity index is 1200. The van der Waals surface area contributed by atoms with E-state index in [0.717, 1.165) is 41.7 Å². The highest BCUT2D eigenvalue weighted by molar-refractivity contribution is 5.99. The normalized spacial score (nSPS) is 15.4. The van der Waals surface area contributed by atoms with Crippen molar-refractivity contribution in [2.24, 2.45) is 0 Å². The van der Waals surface area contributed by atoms with E-state index in [2.05, 4.69) is 6.92 Å². The van der Waals surface area contributed by atoms with E-state index in [1.54, 1.807) is 6.07 Å². The van der Waals surface area contributed by atoms with Crippen LogP contribution in [0.15, 0.2) is 45.6 Å². The van der Waals surface area contributed by atoms with E-state index in [9.17, 15) is 14.7 Å². The molecule has 1 aliphatic rings. The van der Waals surface area contributed by atoms with Crippen LogP contribution in [0.5, 0.6) is 5.75 Å². The lowest BCUT2D eigenvalue weighted by atomic mass is 9.97. The summed E-state index contributed by atoms with van der Waals surface area (Å²) in [6.45, 7) is 6.51. The Hall–Kier alpha value is -3.12. The second-order valence-corrected chi connectivity index (χ2v) is 8.38. The van der Waals surface area contributed by atoms with Gasteiger partial charge in [-0.15, -0.1) is 0 Å². The van der Waals surface area contributed by atoms with Crippen molar-refractivity contribution in [3.63, 3.8) is 0 Å². The van der Waals surface area contributed by atoms with E-state index in [1.165, 1.54) is 4.90 Å². The first-order valence-electron chi connectivity index (χ1n) is 11.2. The van der Waals surface area contributed by atoms with Crippen molar-refractivity contribution in [1.82, 2.24) is 4.90 Å². The number of rotatable bonds is 8. The fourth-order valence-electron chi connectivity index (χ4n) is 4.49. The predicted molar refractivity (Wildman–Crippen MR) is 123 cm³/mol. The molecule has 1 aliphatic heterocycles. The van der Waals surface area contributed by atoms with Crippen LogP contribution < -0.4 is 10.2 Å². The van der Waals surface area contributed by atoms with Gasteiger partial charge in [-0.2, -0.15) is 0 Å². The molecule has 0 saturated heterocycles. The number of amides is 1. The molecule has 2 aromatic carbocycles. The SMILES string of the molecule is CCCCCOc1ccc(C2c3c(oc4cc(C)cc(C)c4c3=O)C(=O)N2CCO)cc1. The molecular formula is C26H29NO5. The van der Waals surface area contributed by atoms with E-state index in [1.807, 2.05) is 44.2 Å². The molecule has 0 radical (unpaired) electrons. The molecule has 2 heterocycles. The molecule has 6 nitrogen and oxygen atoms in total. The van der Waals surface area contributed by atoms with E-state index >= 15 is 0 Å². The number of aliphatic hydroxyl groups excluding tert-OH is 1. The lowest BCUT2D eigenvalue weighted by Crippen LogP contribution is -2.32. The maximum atomic E-state index is 13.6. The number of aliphatic hydroxyl groups is 1. The lowest BCUT2D eigenvalue weighted by molar-refractivity contribution is 0.0691. The standard InChI is InChI=1S/C26H29NO5/c1-4-5-6-13-31-19-9-7-18(8-10-19)23-22-24(29)21-17(3)14-16(2)15-20(21)32-25(22)26(30)27(23)11-12-28/h7-10,14-15,23,28H,4-6,11-13H2,1-3H3. The molecule has 6 heteroatoms. The third-order valence-electron chi connectivity index (χ3n) is 5.97. The Balaban J connectivity index is 1.78. The number of hydrogen-bond acceptors (Lipinski definition) is 5. The van der Waals surface area contributed by atoms with Gasteiger partial charge >= 0.3 is 0 Å². The summed E-state index contributed by atoms with van der Waals surface area (Å²) in [6.07, 6.45) is 3.26. The van der Waals surface area contributed by atoms with Crippen molar-refractivity contribution in [1.29, 1.82) is 0 Å². The monoisotopic (exact) mass is 435 g/mol. The Morgan fingerprint density at radius 2 is 1.84 bits per heavy atom. The zero-order valence-electron chi connectivity index (χ0n) is 18.8. The molecule has 1 atom stereocenters. The van der Waals surface area contributed by atoms with Crippen molar-refractivity contribution in [3.05, 3.63) is 74.6 Å². The van der Waals surface area contributed by atoms with Crippen molar-refractivity contribution >= 4 is 16.9 Å². The van der Waals surface area contributed by atoms with Crippen molar-refractivity contribution in [2.45, 2.75) is 46.1 Å². The van der Waals surface area contributed by atoms with Gasteiger partial charge in [-0.3, -0.25) is 9.59 Å². The number of fused-ring (bicyclic) bond motifs is 2. The molecule has 3 aromatic rings. The highest BCUT2D eigenvalue weighted by atomic mass is 16.5. The molecule has 0 fully saturated rings. The number of carbonyl (C=O) groups is 1. The Labute approximate surface area is 187 Å². The number of nitrogens with zero attached hydrogens (tertiary/aromatic N) is 1. The number of hydrogen-bond donors (Lipinski definition) is 1. The van der Waals surface area contributed by atoms with Crippen LogP contribution in [0.2, 0.25) is 0 Å². The van der Waals surface area contributed by atoms with Gasteiger partial charge < -0.3 is 19.2 Å². The third kappa shape index (κ3) is 3.91. The summed E-state index contributed by atoms with van der Waals surface area (Å²) in [5, 5.41) is 10.1. The maximum Gasteiger partial charge on any atom is 0.290 e. The minimum absolute atomic E-state index is 0.0610. The topological polar surface area (TPSA) is 80.0 Å². The first kappa shape index (κ1) is 22.1. The van der Waals surface area contributed by atoms with Crippen molar-refractivity contribution in [3.8, 4) is 5.75 Å². The van der Waals surface area contributed by atoms with Gasteiger partial charge in [0.05, 0.1) is 30.2 Å². The first-order chi connectivity index (χ1) is 15.5. The molecule has 1 unspecified atom stereocenters. The largest absolute Gasteiger partial charge is 0.494 e. The Morgan fingerprint density at radius 3 is 2.53 bits per heavy atom. The summed E-state index contributed by atoms with van der Waals surface area (Å²) >= 11 is 0. The second-order valence-electron chi connectivity index (χ2n) is 8.38. The first-order valence-corrected chi connectivity index (χ1v) is 11.2. The summed E-state index contributed by atoms with van der Waals surface area (Å²) in [7, 11) is 0. The summed E-state index contributed by atoms with van der Waals surface area (Å²) in [5.41, 5.74) is 3.11. The van der Waals surface area contributed by atoms with Crippen LogP contribution in [-0.2, 0) is 0 Å². The maximum absolute atomic E-state index is 13.6. The molecule has 0 spiro atoms. The number of aryl methyl sites for hydroxylation is 2. The van der Waals surface area contributed by atoms with Gasteiger partial charge in [-0.05, 0) is 55.2 Å². The number of ether oxygens (including phenoxy) is 1. The fraction of sp³-hybridized carbons (Fsp3) is 0.385. The second kappa shape index (κ2) is 9.17. The lowest BCUT2D eigenvalue weighted by Gasteiger charge is -2.24. The summed E-state index contributed by atoms with van der Waals surface area (Å²) in [5.74, 6) is 0.433. The summed E-state index contributed by atoms with van der Waals surface area (Å²) in [6, 6.07) is 10.6. The van der Waals surface area contributed by atoms with Crippen LogP contribution in [-0.4, -0.2) is 35.7 Å². The average molecular weight is 436 g/mol. The van der Waals surface area contributed by atoms with Crippen LogP contribution in [0, 0.1) is 13.8 Å². The Kier molecular flexibility index (Phi) is 6.33. The molecule has 1 amide bonds. The minimum Gasteiger partial charge on any atom is -0.494 e. The zero-order valence-corrected chi connectivity index (χ0v) is 18.8. The number of unbranched alkanes of at least 4 members (excludes halogenated alkanes) is 2. The molecule has 0 saturated carbocycles. The van der Waals surface area contributed by atoms with Gasteiger partial charge in [-0.1, -0.05) is 38.0 Å². The van der Waals surface area contributed by atoms with Crippen molar-refractivity contribution in [2.75, 3.05) is 19.8 Å². The highest BCUT2D eigenvalue weighted by Crippen LogP contribution is 2.38. The zero-order chi connectivity index (χ0) is 22.8. The highest BCUT2D eigenvalue weighted by Gasteiger charge is 2.42. The van der Waals surface area contributed by atoms with Crippen LogP contribution >= 0.6 is 0 Å². The number of carbonyl (C=O) groups excluding carboxylic acids is 1. The van der Waals surface area contributed by atoms with Crippen LogP contribution in [0.4, 0.5) is 0 Å². The van der Waals surface area contributed by atoms with Crippen molar-refractivity contribution < 1.29 is 19.1 Å². The molecule has 1 aromatic heterocycles. The van der Waals surface area contributed by atoms with Gasteiger partial charge in [0.25, 0.3) is 5.91 Å². The van der Waals surface area contributed by atoms with Gasteiger partial charge in [0.2, 0.25) is 5.76 Å². The third-order valence-corrected chi connectivity index (χ3v) is 5.97. The molecular weight excluding hydrogens is 406 g/mol. The van der Waals surface area contributed by atoms with E-state index in [0.29, 0.717) is 23.1 Å². The summed E-state index contributed by atoms with van der Waals surface area (Å²) in [4.78, 5) is 28.2. The van der Waals surface area contributed by atoms with Crippen LogP contribution in [0.3, 0.4) is 0 Å². The number of benzene rings is 2. The number of β-amino-alcohol motifs (C(OH)–C–C–N with tert-alkyl or cyclic N) is 1. The van der Waals surface area contributed by atoms with E-state index in [4.69, 9.17) is 9.15 Å². The van der Waals surface area contributed by atoms with Crippen LogP contribution in [0.1, 0.15) is 65.0 Å². The minimum atomic E-state index is -0.611. The van der Waals surface area contributed by atoms with Crippen LogP contribution in [0.25, 0.3) is 11.0 Å². The molecule has 168 valence electrons. The average Bonchev–Trinajstić information content (AvgIpc) is 3.04. The van der Waals surface area contributed by atoms with Gasteiger partial charge in [0.1, 0.15) is 11.3 Å².